The number of hydrogen-bond acceptors (Lipinski definition) is 5. The molecule has 1 atom stereocenters. The van der Waals surface area contributed by atoms with Gasteiger partial charge in [-0.1, -0.05) is 48.0 Å². The van der Waals surface area contributed by atoms with Crippen LogP contribution in [-0.4, -0.2) is 35.7 Å². The highest BCUT2D eigenvalue weighted by Gasteiger charge is 2.35. The van der Waals surface area contributed by atoms with Crippen molar-refractivity contribution in [1.29, 1.82) is 0 Å². The molecule has 7 nitrogen and oxygen atoms in total. The predicted octanol–water partition coefficient (Wildman–Crippen LogP) is 4.17. The number of nitrogens with zero attached hydrogens (tertiary/aromatic N) is 1. The standard InChI is InChI=1S/C26H21ClN2O5/c1-34-23(30)14-22(17-9-11-19(27)12-10-17)28-24(31)18-6-4-5-16(13-18)15-29-25(32)20-7-2-3-8-21(20)26(29)33/h2-13,22H,14-15H2,1H3,(H,28,31). The molecule has 3 amide bonds. The van der Waals surface area contributed by atoms with Gasteiger partial charge in [-0.05, 0) is 47.5 Å². The van der Waals surface area contributed by atoms with Gasteiger partial charge in [0.1, 0.15) is 0 Å². The largest absolute Gasteiger partial charge is 0.469 e. The number of rotatable bonds is 7. The molecule has 0 fully saturated rings. The van der Waals surface area contributed by atoms with E-state index in [1.807, 2.05) is 0 Å². The number of esters is 1. The van der Waals surface area contributed by atoms with Gasteiger partial charge >= 0.3 is 5.97 Å². The van der Waals surface area contributed by atoms with E-state index >= 15 is 0 Å². The molecule has 1 aliphatic rings. The molecule has 172 valence electrons. The zero-order chi connectivity index (χ0) is 24.2. The van der Waals surface area contributed by atoms with E-state index in [4.69, 9.17) is 16.3 Å². The number of nitrogens with one attached hydrogen (secondary N) is 1. The zero-order valence-corrected chi connectivity index (χ0v) is 19.0. The van der Waals surface area contributed by atoms with Crippen LogP contribution in [-0.2, 0) is 16.1 Å². The van der Waals surface area contributed by atoms with Gasteiger partial charge in [0.2, 0.25) is 0 Å². The Morgan fingerprint density at radius 3 is 2.21 bits per heavy atom. The maximum atomic E-state index is 13.0. The zero-order valence-electron chi connectivity index (χ0n) is 18.3. The van der Waals surface area contributed by atoms with Gasteiger partial charge in [-0.25, -0.2) is 0 Å². The molecule has 3 aromatic carbocycles. The van der Waals surface area contributed by atoms with Crippen molar-refractivity contribution < 1.29 is 23.9 Å². The summed E-state index contributed by atoms with van der Waals surface area (Å²) in [6.07, 6.45) is -0.0569. The minimum Gasteiger partial charge on any atom is -0.469 e. The van der Waals surface area contributed by atoms with Crippen LogP contribution in [0.4, 0.5) is 0 Å². The minimum atomic E-state index is -0.628. The second-order valence-corrected chi connectivity index (χ2v) is 8.24. The molecule has 0 aromatic heterocycles. The van der Waals surface area contributed by atoms with Gasteiger partial charge in [-0.3, -0.25) is 24.1 Å². The van der Waals surface area contributed by atoms with E-state index < -0.39 is 17.9 Å². The van der Waals surface area contributed by atoms with Crippen LogP contribution in [0.15, 0.2) is 72.8 Å². The third-order valence-electron chi connectivity index (χ3n) is 5.58. The number of benzene rings is 3. The van der Waals surface area contributed by atoms with E-state index in [-0.39, 0.29) is 24.8 Å². The number of hydrogen-bond donors (Lipinski definition) is 1. The fourth-order valence-corrected chi connectivity index (χ4v) is 3.94. The average Bonchev–Trinajstić information content (AvgIpc) is 3.09. The number of imide groups is 1. The summed E-state index contributed by atoms with van der Waals surface area (Å²) >= 11 is 5.96. The summed E-state index contributed by atoms with van der Waals surface area (Å²) in [5, 5.41) is 3.39. The molecule has 3 aromatic rings. The van der Waals surface area contributed by atoms with Crippen molar-refractivity contribution >= 4 is 35.3 Å². The molecule has 1 heterocycles. The first-order chi connectivity index (χ1) is 16.4. The van der Waals surface area contributed by atoms with Crippen molar-refractivity contribution in [3.05, 3.63) is 106 Å². The Bertz CT molecular complexity index is 1240. The highest BCUT2D eigenvalue weighted by molar-refractivity contribution is 6.30. The van der Waals surface area contributed by atoms with Crippen molar-refractivity contribution in [2.45, 2.75) is 19.0 Å². The third kappa shape index (κ3) is 4.84. The molecule has 0 saturated carbocycles. The highest BCUT2D eigenvalue weighted by atomic mass is 35.5. The molecule has 34 heavy (non-hydrogen) atoms. The van der Waals surface area contributed by atoms with Crippen LogP contribution in [0.2, 0.25) is 5.02 Å². The molecule has 1 N–H and O–H groups in total. The van der Waals surface area contributed by atoms with Crippen molar-refractivity contribution in [3.8, 4) is 0 Å². The molecular formula is C26H21ClN2O5. The van der Waals surface area contributed by atoms with Gasteiger partial charge in [0.15, 0.2) is 0 Å². The molecule has 0 spiro atoms. The van der Waals surface area contributed by atoms with Crippen molar-refractivity contribution in [1.82, 2.24) is 10.2 Å². The molecule has 1 unspecified atom stereocenters. The van der Waals surface area contributed by atoms with E-state index in [0.29, 0.717) is 32.8 Å². The summed E-state index contributed by atoms with van der Waals surface area (Å²) in [6, 6.07) is 19.5. The molecular weight excluding hydrogens is 456 g/mol. The third-order valence-corrected chi connectivity index (χ3v) is 5.84. The highest BCUT2D eigenvalue weighted by Crippen LogP contribution is 2.25. The van der Waals surface area contributed by atoms with Gasteiger partial charge < -0.3 is 10.1 Å². The van der Waals surface area contributed by atoms with E-state index in [9.17, 15) is 19.2 Å². The lowest BCUT2D eigenvalue weighted by Gasteiger charge is -2.19. The Labute approximate surface area is 201 Å². The lowest BCUT2D eigenvalue weighted by Crippen LogP contribution is -2.31. The van der Waals surface area contributed by atoms with Crippen LogP contribution in [0.25, 0.3) is 0 Å². The topological polar surface area (TPSA) is 92.8 Å². The second kappa shape index (κ2) is 9.89. The van der Waals surface area contributed by atoms with E-state index in [1.54, 1.807) is 72.8 Å². The van der Waals surface area contributed by atoms with Crippen LogP contribution in [0.5, 0.6) is 0 Å². The maximum Gasteiger partial charge on any atom is 0.307 e. The number of amides is 3. The van der Waals surface area contributed by atoms with Crippen LogP contribution in [0.1, 0.15) is 54.7 Å². The number of ether oxygens (including phenoxy) is 1. The molecule has 0 radical (unpaired) electrons. The summed E-state index contributed by atoms with van der Waals surface area (Å²) in [6.45, 7) is 0.0379. The van der Waals surface area contributed by atoms with Crippen LogP contribution < -0.4 is 5.32 Å². The first-order valence-corrected chi connectivity index (χ1v) is 10.9. The fraction of sp³-hybridized carbons (Fsp3) is 0.154. The smallest absolute Gasteiger partial charge is 0.307 e. The maximum absolute atomic E-state index is 13.0. The average molecular weight is 477 g/mol. The van der Waals surface area contributed by atoms with Crippen LogP contribution >= 0.6 is 11.6 Å². The minimum absolute atomic E-state index is 0.0379. The van der Waals surface area contributed by atoms with Gasteiger partial charge in [0, 0.05) is 10.6 Å². The van der Waals surface area contributed by atoms with Gasteiger partial charge in [-0.2, -0.15) is 0 Å². The molecule has 0 aliphatic carbocycles. The Morgan fingerprint density at radius 1 is 0.941 bits per heavy atom. The summed E-state index contributed by atoms with van der Waals surface area (Å²) in [5.74, 6) is -1.61. The molecule has 0 bridgehead atoms. The van der Waals surface area contributed by atoms with Crippen LogP contribution in [0, 0.1) is 0 Å². The Kier molecular flexibility index (Phi) is 6.75. The number of methoxy groups -OCH3 is 1. The van der Waals surface area contributed by atoms with E-state index in [2.05, 4.69) is 5.32 Å². The number of carbonyl (C=O) groups is 4. The SMILES string of the molecule is COC(=O)CC(NC(=O)c1cccc(CN2C(=O)c3ccccc3C2=O)c1)c1ccc(Cl)cc1. The molecule has 4 rings (SSSR count). The normalized spacial score (nSPS) is 13.4. The molecule has 0 saturated heterocycles. The predicted molar refractivity (Wildman–Crippen MR) is 125 cm³/mol. The lowest BCUT2D eigenvalue weighted by molar-refractivity contribution is -0.141. The van der Waals surface area contributed by atoms with Crippen molar-refractivity contribution in [2.75, 3.05) is 7.11 Å². The van der Waals surface area contributed by atoms with Gasteiger partial charge in [0.05, 0.1) is 37.2 Å². The fourth-order valence-electron chi connectivity index (χ4n) is 3.82. The Hall–Kier alpha value is -3.97. The van der Waals surface area contributed by atoms with E-state index in [0.717, 1.165) is 4.90 Å². The number of carbonyl (C=O) groups excluding carboxylic acids is 4. The van der Waals surface area contributed by atoms with Crippen molar-refractivity contribution in [2.24, 2.45) is 0 Å². The first-order valence-electron chi connectivity index (χ1n) is 10.5. The number of fused-ring (bicyclic) bond motifs is 1. The summed E-state index contributed by atoms with van der Waals surface area (Å²) in [7, 11) is 1.28. The quantitative estimate of drug-likeness (QED) is 0.408. The monoisotopic (exact) mass is 476 g/mol. The summed E-state index contributed by atoms with van der Waals surface area (Å²) < 4.78 is 4.77. The Balaban J connectivity index is 1.52. The first kappa shape index (κ1) is 23.2. The van der Waals surface area contributed by atoms with Crippen molar-refractivity contribution in [3.63, 3.8) is 0 Å². The second-order valence-electron chi connectivity index (χ2n) is 7.80. The Morgan fingerprint density at radius 2 is 1.59 bits per heavy atom. The van der Waals surface area contributed by atoms with E-state index in [1.165, 1.54) is 7.11 Å². The lowest BCUT2D eigenvalue weighted by atomic mass is 10.0. The molecule has 1 aliphatic heterocycles. The summed E-state index contributed by atoms with van der Waals surface area (Å²) in [4.78, 5) is 51.4. The van der Waals surface area contributed by atoms with Gasteiger partial charge in [0.25, 0.3) is 17.7 Å². The summed E-state index contributed by atoms with van der Waals surface area (Å²) in [5.41, 5.74) is 2.39. The van der Waals surface area contributed by atoms with Crippen LogP contribution in [0.3, 0.4) is 0 Å². The van der Waals surface area contributed by atoms with Gasteiger partial charge in [-0.15, -0.1) is 0 Å². The molecule has 8 heteroatoms. The number of halogens is 1.